The number of benzene rings is 1. The summed E-state index contributed by atoms with van der Waals surface area (Å²) in [5.74, 6) is -0.663. The van der Waals surface area contributed by atoms with Gasteiger partial charge in [-0.05, 0) is 37.3 Å². The van der Waals surface area contributed by atoms with Crippen LogP contribution in [-0.4, -0.2) is 10.9 Å². The fourth-order valence-electron chi connectivity index (χ4n) is 1.61. The molecule has 0 unspecified atom stereocenters. The third-order valence-corrected chi connectivity index (χ3v) is 3.06. The maximum Gasteiger partial charge on any atom is 0.270 e. The predicted molar refractivity (Wildman–Crippen MR) is 74.2 cm³/mol. The Balaban J connectivity index is 2.06. The summed E-state index contributed by atoms with van der Waals surface area (Å²) in [6, 6.07) is 9.81. The molecule has 0 aliphatic carbocycles. The number of halogens is 2. The Hall–Kier alpha value is -1.75. The molecule has 0 spiro atoms. The first-order chi connectivity index (χ1) is 9.06. The molecule has 1 aromatic heterocycles. The van der Waals surface area contributed by atoms with Crippen molar-refractivity contribution in [3.8, 4) is 0 Å². The van der Waals surface area contributed by atoms with Crippen molar-refractivity contribution in [2.75, 3.05) is 0 Å². The first-order valence-electron chi connectivity index (χ1n) is 5.72. The number of aryl methyl sites for hydroxylation is 1. The minimum absolute atomic E-state index is 0.125. The van der Waals surface area contributed by atoms with E-state index in [2.05, 4.69) is 26.2 Å². The summed E-state index contributed by atoms with van der Waals surface area (Å²) in [5.41, 5.74) is 1.52. The second-order valence-electron chi connectivity index (χ2n) is 4.08. The van der Waals surface area contributed by atoms with Crippen molar-refractivity contribution in [1.82, 2.24) is 10.3 Å². The number of pyridine rings is 1. The molecule has 0 saturated heterocycles. The van der Waals surface area contributed by atoms with Crippen LogP contribution in [-0.2, 0) is 6.54 Å². The van der Waals surface area contributed by atoms with Crippen molar-refractivity contribution in [2.24, 2.45) is 0 Å². The van der Waals surface area contributed by atoms with Crippen molar-refractivity contribution >= 4 is 21.8 Å². The van der Waals surface area contributed by atoms with E-state index in [4.69, 9.17) is 0 Å². The molecule has 0 fully saturated rings. The van der Waals surface area contributed by atoms with E-state index >= 15 is 0 Å². The van der Waals surface area contributed by atoms with Gasteiger partial charge in [-0.2, -0.15) is 0 Å². The van der Waals surface area contributed by atoms with Crippen LogP contribution in [0.5, 0.6) is 0 Å². The number of rotatable bonds is 3. The average Bonchev–Trinajstić information content (AvgIpc) is 2.39. The quantitative estimate of drug-likeness (QED) is 0.942. The van der Waals surface area contributed by atoms with E-state index in [-0.39, 0.29) is 18.3 Å². The van der Waals surface area contributed by atoms with E-state index in [1.807, 2.05) is 13.0 Å². The lowest BCUT2D eigenvalue weighted by atomic mass is 10.2. The standard InChI is InChI=1S/C14H12BrFN2O/c1-9-3-2-4-13(18-9)14(19)17-8-10-7-11(15)5-6-12(10)16/h2-7H,8H2,1H3,(H,17,19). The monoisotopic (exact) mass is 322 g/mol. The highest BCUT2D eigenvalue weighted by Gasteiger charge is 2.09. The van der Waals surface area contributed by atoms with Gasteiger partial charge in [-0.15, -0.1) is 0 Å². The molecule has 2 aromatic rings. The molecule has 0 bridgehead atoms. The summed E-state index contributed by atoms with van der Waals surface area (Å²) < 4.78 is 14.3. The molecule has 0 aliphatic heterocycles. The van der Waals surface area contributed by atoms with Gasteiger partial charge in [-0.3, -0.25) is 4.79 Å². The summed E-state index contributed by atoms with van der Waals surface area (Å²) in [5, 5.41) is 2.65. The van der Waals surface area contributed by atoms with Crippen LogP contribution in [0.2, 0.25) is 0 Å². The maximum atomic E-state index is 13.5. The first kappa shape index (κ1) is 13.7. The highest BCUT2D eigenvalue weighted by Crippen LogP contribution is 2.15. The van der Waals surface area contributed by atoms with Crippen LogP contribution in [0, 0.1) is 12.7 Å². The fraction of sp³-hybridized carbons (Fsp3) is 0.143. The molecule has 98 valence electrons. The highest BCUT2D eigenvalue weighted by atomic mass is 79.9. The lowest BCUT2D eigenvalue weighted by Gasteiger charge is -2.07. The lowest BCUT2D eigenvalue weighted by molar-refractivity contribution is 0.0945. The molecule has 0 aliphatic rings. The molecular weight excluding hydrogens is 311 g/mol. The number of nitrogens with one attached hydrogen (secondary N) is 1. The topological polar surface area (TPSA) is 42.0 Å². The molecule has 0 atom stereocenters. The third-order valence-electron chi connectivity index (χ3n) is 2.57. The number of hydrogen-bond donors (Lipinski definition) is 1. The molecule has 19 heavy (non-hydrogen) atoms. The van der Waals surface area contributed by atoms with Crippen molar-refractivity contribution in [2.45, 2.75) is 13.5 Å². The molecule has 2 rings (SSSR count). The minimum atomic E-state index is -0.347. The number of amides is 1. The van der Waals surface area contributed by atoms with Gasteiger partial charge in [0, 0.05) is 22.3 Å². The van der Waals surface area contributed by atoms with Gasteiger partial charge in [-0.1, -0.05) is 22.0 Å². The number of carbonyl (C=O) groups is 1. The van der Waals surface area contributed by atoms with E-state index in [9.17, 15) is 9.18 Å². The molecule has 0 radical (unpaired) electrons. The van der Waals surface area contributed by atoms with Gasteiger partial charge in [0.25, 0.3) is 5.91 Å². The molecule has 5 heteroatoms. The van der Waals surface area contributed by atoms with Crippen LogP contribution in [0.15, 0.2) is 40.9 Å². The second kappa shape index (κ2) is 5.93. The van der Waals surface area contributed by atoms with E-state index in [0.29, 0.717) is 11.3 Å². The Morgan fingerprint density at radius 1 is 1.37 bits per heavy atom. The molecule has 1 heterocycles. The van der Waals surface area contributed by atoms with E-state index in [0.717, 1.165) is 10.2 Å². The second-order valence-corrected chi connectivity index (χ2v) is 5.00. The average molecular weight is 323 g/mol. The highest BCUT2D eigenvalue weighted by molar-refractivity contribution is 9.10. The zero-order valence-corrected chi connectivity index (χ0v) is 11.9. The van der Waals surface area contributed by atoms with Crippen molar-refractivity contribution in [3.63, 3.8) is 0 Å². The largest absolute Gasteiger partial charge is 0.347 e. The van der Waals surface area contributed by atoms with Gasteiger partial charge in [0.15, 0.2) is 0 Å². The zero-order chi connectivity index (χ0) is 13.8. The fourth-order valence-corrected chi connectivity index (χ4v) is 2.02. The Morgan fingerprint density at radius 2 is 2.16 bits per heavy atom. The van der Waals surface area contributed by atoms with Crippen LogP contribution >= 0.6 is 15.9 Å². The third kappa shape index (κ3) is 3.61. The van der Waals surface area contributed by atoms with Gasteiger partial charge in [0.1, 0.15) is 11.5 Å². The summed E-state index contributed by atoms with van der Waals surface area (Å²) in [6.45, 7) is 1.94. The van der Waals surface area contributed by atoms with Crippen molar-refractivity contribution in [3.05, 3.63) is 63.6 Å². The van der Waals surface area contributed by atoms with E-state index < -0.39 is 0 Å². The summed E-state index contributed by atoms with van der Waals surface area (Å²) in [4.78, 5) is 16.0. The van der Waals surface area contributed by atoms with Gasteiger partial charge < -0.3 is 5.32 Å². The van der Waals surface area contributed by atoms with Gasteiger partial charge in [0.2, 0.25) is 0 Å². The van der Waals surface area contributed by atoms with Crippen LogP contribution in [0.25, 0.3) is 0 Å². The number of nitrogens with zero attached hydrogens (tertiary/aromatic N) is 1. The summed E-state index contributed by atoms with van der Waals surface area (Å²) in [7, 11) is 0. The molecule has 1 aromatic carbocycles. The molecular formula is C14H12BrFN2O. The van der Waals surface area contributed by atoms with Gasteiger partial charge in [0.05, 0.1) is 0 Å². The lowest BCUT2D eigenvalue weighted by Crippen LogP contribution is -2.24. The minimum Gasteiger partial charge on any atom is -0.347 e. The van der Waals surface area contributed by atoms with Crippen molar-refractivity contribution in [1.29, 1.82) is 0 Å². The maximum absolute atomic E-state index is 13.5. The molecule has 1 N–H and O–H groups in total. The number of hydrogen-bond acceptors (Lipinski definition) is 2. The summed E-state index contributed by atoms with van der Waals surface area (Å²) in [6.07, 6.45) is 0. The van der Waals surface area contributed by atoms with Gasteiger partial charge >= 0.3 is 0 Å². The van der Waals surface area contributed by atoms with E-state index in [1.54, 1.807) is 24.3 Å². The van der Waals surface area contributed by atoms with Crippen LogP contribution < -0.4 is 5.32 Å². The first-order valence-corrected chi connectivity index (χ1v) is 6.51. The van der Waals surface area contributed by atoms with Crippen LogP contribution in [0.1, 0.15) is 21.7 Å². The Morgan fingerprint density at radius 3 is 2.89 bits per heavy atom. The van der Waals surface area contributed by atoms with Crippen LogP contribution in [0.3, 0.4) is 0 Å². The molecule has 1 amide bonds. The molecule has 0 saturated carbocycles. The SMILES string of the molecule is Cc1cccc(C(=O)NCc2cc(Br)ccc2F)n1. The predicted octanol–water partition coefficient (Wildman–Crippen LogP) is 3.22. The Bertz CT molecular complexity index is 616. The van der Waals surface area contributed by atoms with Crippen LogP contribution in [0.4, 0.5) is 4.39 Å². The number of carbonyl (C=O) groups excluding carboxylic acids is 1. The Labute approximate surface area is 119 Å². The normalized spacial score (nSPS) is 10.3. The summed E-state index contributed by atoms with van der Waals surface area (Å²) >= 11 is 3.27. The molecule has 3 nitrogen and oxygen atoms in total. The Kier molecular flexibility index (Phi) is 4.27. The van der Waals surface area contributed by atoms with E-state index in [1.165, 1.54) is 6.07 Å². The zero-order valence-electron chi connectivity index (χ0n) is 10.3. The smallest absolute Gasteiger partial charge is 0.270 e. The number of aromatic nitrogens is 1. The van der Waals surface area contributed by atoms with Crippen molar-refractivity contribution < 1.29 is 9.18 Å². The van der Waals surface area contributed by atoms with Gasteiger partial charge in [-0.25, -0.2) is 9.37 Å².